The Balaban J connectivity index is 1.54. The van der Waals surface area contributed by atoms with Crippen molar-refractivity contribution in [3.05, 3.63) is 0 Å². The van der Waals surface area contributed by atoms with E-state index in [9.17, 15) is 0 Å². The third-order valence-electron chi connectivity index (χ3n) is 3.91. The van der Waals surface area contributed by atoms with Crippen LogP contribution in [0.5, 0.6) is 0 Å². The fourth-order valence-electron chi connectivity index (χ4n) is 2.82. The van der Waals surface area contributed by atoms with Crippen molar-refractivity contribution in [2.45, 2.75) is 50.7 Å². The van der Waals surface area contributed by atoms with Crippen molar-refractivity contribution in [2.24, 2.45) is 5.92 Å². The molecule has 2 fully saturated rings. The van der Waals surface area contributed by atoms with Gasteiger partial charge in [0.05, 0.1) is 12.7 Å². The molecule has 16 heavy (non-hydrogen) atoms. The summed E-state index contributed by atoms with van der Waals surface area (Å²) in [5, 5.41) is 3.45. The number of hydrogen-bond acceptors (Lipinski definition) is 3. The number of nitrogens with one attached hydrogen (secondary N) is 1. The van der Waals surface area contributed by atoms with Gasteiger partial charge in [0, 0.05) is 26.3 Å². The molecule has 0 aromatic heterocycles. The van der Waals surface area contributed by atoms with Gasteiger partial charge in [-0.25, -0.2) is 0 Å². The van der Waals surface area contributed by atoms with E-state index in [2.05, 4.69) is 5.32 Å². The van der Waals surface area contributed by atoms with Gasteiger partial charge in [0.2, 0.25) is 0 Å². The van der Waals surface area contributed by atoms with Gasteiger partial charge in [-0.05, 0) is 25.2 Å². The SMILES string of the molecule is COC1CNC(COCC2CCCCC2)C1. The normalized spacial score (nSPS) is 32.1. The molecule has 2 rings (SSSR count). The third kappa shape index (κ3) is 3.72. The number of rotatable bonds is 5. The van der Waals surface area contributed by atoms with E-state index in [0.29, 0.717) is 12.1 Å². The Bertz CT molecular complexity index is 192. The van der Waals surface area contributed by atoms with E-state index in [1.54, 1.807) is 7.11 Å². The summed E-state index contributed by atoms with van der Waals surface area (Å²) in [6.45, 7) is 2.81. The smallest absolute Gasteiger partial charge is 0.0711 e. The first-order valence-corrected chi connectivity index (χ1v) is 6.72. The number of methoxy groups -OCH3 is 1. The minimum absolute atomic E-state index is 0.392. The molecule has 2 unspecified atom stereocenters. The molecule has 2 aliphatic rings. The second kappa shape index (κ2) is 6.58. The van der Waals surface area contributed by atoms with Crippen molar-refractivity contribution in [1.29, 1.82) is 0 Å². The zero-order chi connectivity index (χ0) is 11.2. The molecule has 3 nitrogen and oxygen atoms in total. The molecule has 3 heteroatoms. The molecule has 1 saturated carbocycles. The van der Waals surface area contributed by atoms with Gasteiger partial charge in [0.25, 0.3) is 0 Å². The van der Waals surface area contributed by atoms with Crippen LogP contribution in [0, 0.1) is 5.92 Å². The van der Waals surface area contributed by atoms with Crippen LogP contribution >= 0.6 is 0 Å². The van der Waals surface area contributed by atoms with Gasteiger partial charge in [-0.2, -0.15) is 0 Å². The Labute approximate surface area is 98.9 Å². The molecule has 0 amide bonds. The molecule has 94 valence electrons. The molecule has 0 aromatic rings. The summed E-state index contributed by atoms with van der Waals surface area (Å²) in [4.78, 5) is 0. The average Bonchev–Trinajstić information content (AvgIpc) is 2.78. The molecule has 2 atom stereocenters. The molecule has 0 radical (unpaired) electrons. The standard InChI is InChI=1S/C13H25NO2/c1-15-13-7-12(14-8-13)10-16-9-11-5-3-2-4-6-11/h11-14H,2-10H2,1H3. The van der Waals surface area contributed by atoms with Gasteiger partial charge in [0.15, 0.2) is 0 Å². The highest BCUT2D eigenvalue weighted by Crippen LogP contribution is 2.23. The summed E-state index contributed by atoms with van der Waals surface area (Å²) >= 11 is 0. The zero-order valence-corrected chi connectivity index (χ0v) is 10.4. The van der Waals surface area contributed by atoms with Crippen LogP contribution in [0.25, 0.3) is 0 Å². The molecular formula is C13H25NO2. The lowest BCUT2D eigenvalue weighted by atomic mass is 9.90. The largest absolute Gasteiger partial charge is 0.380 e. The van der Waals surface area contributed by atoms with Crippen molar-refractivity contribution >= 4 is 0 Å². The summed E-state index contributed by atoms with van der Waals surface area (Å²) in [6, 6.07) is 0.508. The molecule has 0 spiro atoms. The Morgan fingerprint density at radius 1 is 1.12 bits per heavy atom. The Morgan fingerprint density at radius 3 is 2.62 bits per heavy atom. The fraction of sp³-hybridized carbons (Fsp3) is 1.00. The highest BCUT2D eigenvalue weighted by Gasteiger charge is 2.24. The van der Waals surface area contributed by atoms with Crippen LogP contribution in [0.4, 0.5) is 0 Å². The fourth-order valence-corrected chi connectivity index (χ4v) is 2.82. The Hall–Kier alpha value is -0.120. The van der Waals surface area contributed by atoms with E-state index < -0.39 is 0 Å². The maximum Gasteiger partial charge on any atom is 0.0711 e. The highest BCUT2D eigenvalue weighted by molar-refractivity contribution is 4.81. The van der Waals surface area contributed by atoms with Gasteiger partial charge < -0.3 is 14.8 Å². The summed E-state index contributed by atoms with van der Waals surface area (Å²) in [7, 11) is 1.79. The van der Waals surface area contributed by atoms with E-state index in [4.69, 9.17) is 9.47 Å². The second-order valence-electron chi connectivity index (χ2n) is 5.24. The molecular weight excluding hydrogens is 202 g/mol. The summed E-state index contributed by atoms with van der Waals surface area (Å²) in [5.41, 5.74) is 0. The van der Waals surface area contributed by atoms with Crippen molar-refractivity contribution in [1.82, 2.24) is 5.32 Å². The Kier molecular flexibility index (Phi) is 5.07. The topological polar surface area (TPSA) is 30.5 Å². The van der Waals surface area contributed by atoms with E-state index in [0.717, 1.165) is 32.1 Å². The van der Waals surface area contributed by atoms with Crippen molar-refractivity contribution < 1.29 is 9.47 Å². The summed E-state index contributed by atoms with van der Waals surface area (Å²) in [6.07, 6.45) is 8.47. The molecule has 1 saturated heterocycles. The van der Waals surface area contributed by atoms with Gasteiger partial charge in [-0.3, -0.25) is 0 Å². The maximum absolute atomic E-state index is 5.83. The van der Waals surface area contributed by atoms with Crippen LogP contribution in [-0.4, -0.2) is 39.0 Å². The van der Waals surface area contributed by atoms with E-state index >= 15 is 0 Å². The van der Waals surface area contributed by atoms with Crippen LogP contribution in [0.2, 0.25) is 0 Å². The molecule has 0 aromatic carbocycles. The first-order valence-electron chi connectivity index (χ1n) is 6.72. The van der Waals surface area contributed by atoms with Crippen LogP contribution < -0.4 is 5.32 Å². The quantitative estimate of drug-likeness (QED) is 0.779. The third-order valence-corrected chi connectivity index (χ3v) is 3.91. The lowest BCUT2D eigenvalue weighted by Gasteiger charge is -2.22. The van der Waals surface area contributed by atoms with Crippen molar-refractivity contribution in [2.75, 3.05) is 26.9 Å². The van der Waals surface area contributed by atoms with Gasteiger partial charge in [-0.1, -0.05) is 19.3 Å². The zero-order valence-electron chi connectivity index (χ0n) is 10.4. The monoisotopic (exact) mass is 227 g/mol. The van der Waals surface area contributed by atoms with Crippen LogP contribution in [-0.2, 0) is 9.47 Å². The first-order chi connectivity index (χ1) is 7.88. The van der Waals surface area contributed by atoms with E-state index in [1.807, 2.05) is 0 Å². The minimum Gasteiger partial charge on any atom is -0.380 e. The van der Waals surface area contributed by atoms with Gasteiger partial charge in [-0.15, -0.1) is 0 Å². The summed E-state index contributed by atoms with van der Waals surface area (Å²) < 4.78 is 11.2. The molecule has 0 bridgehead atoms. The van der Waals surface area contributed by atoms with Crippen LogP contribution in [0.3, 0.4) is 0 Å². The molecule has 1 aliphatic heterocycles. The van der Waals surface area contributed by atoms with Gasteiger partial charge in [0.1, 0.15) is 0 Å². The van der Waals surface area contributed by atoms with Gasteiger partial charge >= 0.3 is 0 Å². The average molecular weight is 227 g/mol. The van der Waals surface area contributed by atoms with E-state index in [1.165, 1.54) is 32.1 Å². The minimum atomic E-state index is 0.392. The summed E-state index contributed by atoms with van der Waals surface area (Å²) in [5.74, 6) is 0.827. The van der Waals surface area contributed by atoms with Crippen LogP contribution in [0.1, 0.15) is 38.5 Å². The van der Waals surface area contributed by atoms with Crippen LogP contribution in [0.15, 0.2) is 0 Å². The van der Waals surface area contributed by atoms with Crippen molar-refractivity contribution in [3.8, 4) is 0 Å². The number of hydrogen-bond donors (Lipinski definition) is 1. The predicted octanol–water partition coefficient (Wildman–Crippen LogP) is 1.96. The highest BCUT2D eigenvalue weighted by atomic mass is 16.5. The molecule has 1 N–H and O–H groups in total. The second-order valence-corrected chi connectivity index (χ2v) is 5.24. The Morgan fingerprint density at radius 2 is 1.94 bits per heavy atom. The lowest BCUT2D eigenvalue weighted by molar-refractivity contribution is 0.0669. The maximum atomic E-state index is 5.83. The predicted molar refractivity (Wildman–Crippen MR) is 64.6 cm³/mol. The first kappa shape index (κ1) is 12.3. The van der Waals surface area contributed by atoms with E-state index in [-0.39, 0.29) is 0 Å². The molecule has 1 aliphatic carbocycles. The molecule has 1 heterocycles. The number of ether oxygens (including phenoxy) is 2. The van der Waals surface area contributed by atoms with Crippen molar-refractivity contribution in [3.63, 3.8) is 0 Å². The lowest BCUT2D eigenvalue weighted by Crippen LogP contribution is -2.28.